The zero-order chi connectivity index (χ0) is 19.6. The van der Waals surface area contributed by atoms with Crippen molar-refractivity contribution >= 4 is 27.1 Å². The molecule has 0 amide bonds. The van der Waals surface area contributed by atoms with E-state index in [0.29, 0.717) is 21.1 Å². The number of sulfonamides is 1. The Labute approximate surface area is 159 Å². The standard InChI is InChI=1S/C17H15FN4O3S2/c1-22(2)27(24,25)10-15(23)13-4-3-5-14(21-13)16-9-20-17(26-16)11-6-12(18)8-19-7-11/h3-9H,10H2,1-2H3. The number of hydrogen-bond donors (Lipinski definition) is 0. The van der Waals surface area contributed by atoms with Crippen molar-refractivity contribution in [1.29, 1.82) is 0 Å². The molecular weight excluding hydrogens is 391 g/mol. The lowest BCUT2D eigenvalue weighted by molar-refractivity contribution is 0.101. The summed E-state index contributed by atoms with van der Waals surface area (Å²) in [5, 5.41) is 0.561. The van der Waals surface area contributed by atoms with Crippen LogP contribution in [0.2, 0.25) is 0 Å². The van der Waals surface area contributed by atoms with E-state index in [-0.39, 0.29) is 5.69 Å². The molecule has 7 nitrogen and oxygen atoms in total. The molecule has 0 N–H and O–H groups in total. The van der Waals surface area contributed by atoms with Gasteiger partial charge < -0.3 is 0 Å². The van der Waals surface area contributed by atoms with Crippen LogP contribution in [-0.2, 0) is 10.0 Å². The van der Waals surface area contributed by atoms with Crippen molar-refractivity contribution in [3.8, 4) is 21.1 Å². The highest BCUT2D eigenvalue weighted by Gasteiger charge is 2.21. The molecular formula is C17H15FN4O3S2. The predicted octanol–water partition coefficient (Wildman–Crippen LogP) is 2.48. The summed E-state index contributed by atoms with van der Waals surface area (Å²) in [6.07, 6.45) is 4.18. The first-order valence-corrected chi connectivity index (χ1v) is 10.2. The van der Waals surface area contributed by atoms with Gasteiger partial charge in [-0.25, -0.2) is 27.1 Å². The second-order valence-electron chi connectivity index (χ2n) is 5.79. The van der Waals surface area contributed by atoms with Crippen molar-refractivity contribution in [3.05, 3.63) is 54.4 Å². The predicted molar refractivity (Wildman–Crippen MR) is 100 cm³/mol. The van der Waals surface area contributed by atoms with Crippen LogP contribution >= 0.6 is 11.3 Å². The number of carbonyl (C=O) groups is 1. The van der Waals surface area contributed by atoms with Crippen LogP contribution in [0.15, 0.2) is 42.9 Å². The summed E-state index contributed by atoms with van der Waals surface area (Å²) < 4.78 is 38.1. The number of nitrogens with zero attached hydrogens (tertiary/aromatic N) is 4. The smallest absolute Gasteiger partial charge is 0.221 e. The van der Waals surface area contributed by atoms with Gasteiger partial charge in [0.05, 0.1) is 16.8 Å². The molecule has 0 aliphatic carbocycles. The van der Waals surface area contributed by atoms with Crippen molar-refractivity contribution in [3.63, 3.8) is 0 Å². The van der Waals surface area contributed by atoms with Crippen LogP contribution in [-0.4, -0.2) is 53.3 Å². The third-order valence-electron chi connectivity index (χ3n) is 3.61. The lowest BCUT2D eigenvalue weighted by Gasteiger charge is -2.10. The summed E-state index contributed by atoms with van der Waals surface area (Å²) in [6.45, 7) is 0. The molecule has 0 bridgehead atoms. The first kappa shape index (κ1) is 19.2. The number of hydrogen-bond acceptors (Lipinski definition) is 7. The van der Waals surface area contributed by atoms with Crippen molar-refractivity contribution < 1.29 is 17.6 Å². The van der Waals surface area contributed by atoms with Crippen molar-refractivity contribution in [2.45, 2.75) is 0 Å². The second kappa shape index (κ2) is 7.59. The fourth-order valence-electron chi connectivity index (χ4n) is 2.15. The highest BCUT2D eigenvalue weighted by Crippen LogP contribution is 2.31. The molecule has 10 heteroatoms. The third kappa shape index (κ3) is 4.41. The van der Waals surface area contributed by atoms with Gasteiger partial charge in [-0.15, -0.1) is 11.3 Å². The van der Waals surface area contributed by atoms with E-state index in [1.54, 1.807) is 18.3 Å². The molecule has 140 valence electrons. The molecule has 0 aliphatic rings. The van der Waals surface area contributed by atoms with E-state index in [4.69, 9.17) is 0 Å². The van der Waals surface area contributed by atoms with Crippen molar-refractivity contribution in [2.75, 3.05) is 19.8 Å². The molecule has 3 aromatic rings. The summed E-state index contributed by atoms with van der Waals surface area (Å²) in [5.74, 6) is -1.71. The summed E-state index contributed by atoms with van der Waals surface area (Å²) >= 11 is 1.27. The normalized spacial score (nSPS) is 11.7. The van der Waals surface area contributed by atoms with E-state index in [2.05, 4.69) is 15.0 Å². The van der Waals surface area contributed by atoms with Gasteiger partial charge >= 0.3 is 0 Å². The Kier molecular flexibility index (Phi) is 5.40. The van der Waals surface area contributed by atoms with E-state index >= 15 is 0 Å². The van der Waals surface area contributed by atoms with Crippen LogP contribution in [0.25, 0.3) is 21.1 Å². The minimum Gasteiger partial charge on any atom is -0.291 e. The number of pyridine rings is 2. The Morgan fingerprint density at radius 2 is 2.00 bits per heavy atom. The molecule has 0 fully saturated rings. The number of aromatic nitrogens is 3. The number of rotatable bonds is 6. The summed E-state index contributed by atoms with van der Waals surface area (Å²) in [6, 6.07) is 6.11. The number of halogens is 1. The first-order valence-electron chi connectivity index (χ1n) is 7.74. The average Bonchev–Trinajstić information content (AvgIpc) is 3.11. The minimum absolute atomic E-state index is 0.0558. The number of carbonyl (C=O) groups excluding carboxylic acids is 1. The van der Waals surface area contributed by atoms with Crippen molar-refractivity contribution in [1.82, 2.24) is 19.3 Å². The van der Waals surface area contributed by atoms with E-state index in [9.17, 15) is 17.6 Å². The molecule has 0 spiro atoms. The maximum absolute atomic E-state index is 13.3. The number of thiazole rings is 1. The number of Topliss-reactive ketones (excluding diaryl/α,β-unsaturated/α-hetero) is 1. The molecule has 0 unspecified atom stereocenters. The van der Waals surface area contributed by atoms with Crippen LogP contribution in [0.5, 0.6) is 0 Å². The fourth-order valence-corrected chi connectivity index (χ4v) is 3.76. The molecule has 0 radical (unpaired) electrons. The minimum atomic E-state index is -3.67. The highest BCUT2D eigenvalue weighted by atomic mass is 32.2. The molecule has 27 heavy (non-hydrogen) atoms. The largest absolute Gasteiger partial charge is 0.291 e. The Balaban J connectivity index is 1.87. The van der Waals surface area contributed by atoms with Gasteiger partial charge in [0.25, 0.3) is 0 Å². The van der Waals surface area contributed by atoms with Crippen LogP contribution in [0, 0.1) is 5.82 Å². The highest BCUT2D eigenvalue weighted by molar-refractivity contribution is 7.89. The average molecular weight is 406 g/mol. The van der Waals surface area contributed by atoms with Crippen LogP contribution < -0.4 is 0 Å². The molecule has 0 saturated heterocycles. The van der Waals surface area contributed by atoms with E-state index in [0.717, 1.165) is 10.5 Å². The topological polar surface area (TPSA) is 93.1 Å². The summed E-state index contributed by atoms with van der Waals surface area (Å²) in [7, 11) is -0.932. The maximum Gasteiger partial charge on any atom is 0.221 e. The van der Waals surface area contributed by atoms with E-state index in [1.807, 2.05) is 0 Å². The lowest BCUT2D eigenvalue weighted by atomic mass is 10.2. The molecule has 3 rings (SSSR count). The number of ketones is 1. The van der Waals surface area contributed by atoms with Crippen LogP contribution in [0.4, 0.5) is 4.39 Å². The van der Waals surface area contributed by atoms with Gasteiger partial charge in [-0.3, -0.25) is 9.78 Å². The van der Waals surface area contributed by atoms with E-state index in [1.165, 1.54) is 43.8 Å². The fraction of sp³-hybridized carbons (Fsp3) is 0.176. The Morgan fingerprint density at radius 1 is 1.22 bits per heavy atom. The monoisotopic (exact) mass is 406 g/mol. The molecule has 0 atom stereocenters. The van der Waals surface area contributed by atoms with E-state index < -0.39 is 27.4 Å². The molecule has 3 aromatic heterocycles. The van der Waals surface area contributed by atoms with Gasteiger partial charge in [0.15, 0.2) is 5.78 Å². The summed E-state index contributed by atoms with van der Waals surface area (Å²) in [5.41, 5.74) is 1.08. The molecule has 0 aliphatic heterocycles. The second-order valence-corrected chi connectivity index (χ2v) is 9.00. The van der Waals surface area contributed by atoms with Gasteiger partial charge in [0.2, 0.25) is 10.0 Å². The Morgan fingerprint density at radius 3 is 2.70 bits per heavy atom. The third-order valence-corrected chi connectivity index (χ3v) is 6.42. The van der Waals surface area contributed by atoms with Gasteiger partial charge in [0.1, 0.15) is 22.3 Å². The Hall–Kier alpha value is -2.56. The van der Waals surface area contributed by atoms with Crippen molar-refractivity contribution in [2.24, 2.45) is 0 Å². The molecule has 0 saturated carbocycles. The van der Waals surface area contributed by atoms with Gasteiger partial charge in [-0.05, 0) is 18.2 Å². The van der Waals surface area contributed by atoms with Gasteiger partial charge in [0, 0.05) is 32.1 Å². The lowest BCUT2D eigenvalue weighted by Crippen LogP contribution is -2.29. The zero-order valence-corrected chi connectivity index (χ0v) is 16.1. The van der Waals surface area contributed by atoms with Crippen LogP contribution in [0.3, 0.4) is 0 Å². The quantitative estimate of drug-likeness (QED) is 0.584. The molecule has 0 aromatic carbocycles. The van der Waals surface area contributed by atoms with Gasteiger partial charge in [-0.1, -0.05) is 6.07 Å². The molecule has 3 heterocycles. The zero-order valence-electron chi connectivity index (χ0n) is 14.5. The Bertz CT molecular complexity index is 1100. The van der Waals surface area contributed by atoms with Gasteiger partial charge in [-0.2, -0.15) is 0 Å². The SMILES string of the molecule is CN(C)S(=O)(=O)CC(=O)c1cccc(-c2cnc(-c3cncc(F)c3)s2)n1. The first-order chi connectivity index (χ1) is 12.8. The van der Waals surface area contributed by atoms with Crippen LogP contribution in [0.1, 0.15) is 10.5 Å². The maximum atomic E-state index is 13.3. The summed E-state index contributed by atoms with van der Waals surface area (Å²) in [4.78, 5) is 25.3.